The highest BCUT2D eigenvalue weighted by Gasteiger charge is 2.27. The van der Waals surface area contributed by atoms with Gasteiger partial charge in [-0.05, 0) is 37.6 Å². The first kappa shape index (κ1) is 16.0. The zero-order valence-corrected chi connectivity index (χ0v) is 13.8. The molecule has 5 nitrogen and oxygen atoms in total. The molecule has 4 rings (SSSR count). The quantitative estimate of drug-likeness (QED) is 0.724. The fraction of sp³-hybridized carbons (Fsp3) is 0.333. The van der Waals surface area contributed by atoms with Gasteiger partial charge in [-0.2, -0.15) is 5.10 Å². The van der Waals surface area contributed by atoms with E-state index in [1.165, 1.54) is 11.6 Å². The van der Waals surface area contributed by atoms with Crippen LogP contribution in [0.2, 0.25) is 0 Å². The predicted octanol–water partition coefficient (Wildman–Crippen LogP) is 3.69. The Morgan fingerprint density at radius 1 is 1.28 bits per heavy atom. The average Bonchev–Trinajstić information content (AvgIpc) is 3.31. The van der Waals surface area contributed by atoms with Crippen molar-refractivity contribution in [3.8, 4) is 11.5 Å². The Morgan fingerprint density at radius 3 is 2.92 bits per heavy atom. The number of nitrogens with zero attached hydrogens (tertiary/aromatic N) is 4. The Labute approximate surface area is 143 Å². The van der Waals surface area contributed by atoms with Gasteiger partial charge in [-0.25, -0.2) is 13.8 Å². The smallest absolute Gasteiger partial charge is 0.226 e. The number of rotatable bonds is 4. The van der Waals surface area contributed by atoms with E-state index in [1.807, 2.05) is 24.1 Å². The van der Waals surface area contributed by atoms with Crippen molar-refractivity contribution >= 4 is 0 Å². The third-order valence-corrected chi connectivity index (χ3v) is 4.56. The molecule has 130 valence electrons. The number of oxazole rings is 1. The largest absolute Gasteiger partial charge is 0.444 e. The molecule has 0 bridgehead atoms. The van der Waals surface area contributed by atoms with E-state index in [4.69, 9.17) is 4.42 Å². The van der Waals surface area contributed by atoms with Crippen LogP contribution in [-0.2, 0) is 13.6 Å². The molecule has 0 radical (unpaired) electrons. The minimum atomic E-state index is -0.909. The highest BCUT2D eigenvalue weighted by molar-refractivity contribution is 5.53. The summed E-state index contributed by atoms with van der Waals surface area (Å²) in [6.07, 6.45) is 7.72. The highest BCUT2D eigenvalue weighted by Crippen LogP contribution is 2.33. The van der Waals surface area contributed by atoms with Crippen LogP contribution in [0.4, 0.5) is 8.78 Å². The first-order valence-electron chi connectivity index (χ1n) is 8.22. The topological polar surface area (TPSA) is 47.1 Å². The van der Waals surface area contributed by atoms with Gasteiger partial charge in [0.05, 0.1) is 11.9 Å². The molecule has 1 saturated heterocycles. The van der Waals surface area contributed by atoms with Crippen molar-refractivity contribution in [2.75, 3.05) is 6.54 Å². The fourth-order valence-corrected chi connectivity index (χ4v) is 3.35. The summed E-state index contributed by atoms with van der Waals surface area (Å²) >= 11 is 0. The maximum atomic E-state index is 13.4. The second-order valence-electron chi connectivity index (χ2n) is 6.35. The summed E-state index contributed by atoms with van der Waals surface area (Å²) in [5, 5.41) is 4.25. The second-order valence-corrected chi connectivity index (χ2v) is 6.35. The van der Waals surface area contributed by atoms with Crippen LogP contribution in [-0.4, -0.2) is 26.2 Å². The van der Waals surface area contributed by atoms with Crippen molar-refractivity contribution in [3.63, 3.8) is 0 Å². The van der Waals surface area contributed by atoms with Gasteiger partial charge in [-0.1, -0.05) is 0 Å². The van der Waals surface area contributed by atoms with Gasteiger partial charge in [0.25, 0.3) is 0 Å². The van der Waals surface area contributed by atoms with Gasteiger partial charge in [-0.15, -0.1) is 0 Å². The van der Waals surface area contributed by atoms with Crippen molar-refractivity contribution in [1.29, 1.82) is 0 Å². The van der Waals surface area contributed by atoms with E-state index in [0.29, 0.717) is 24.0 Å². The minimum Gasteiger partial charge on any atom is -0.444 e. The second kappa shape index (κ2) is 6.40. The van der Waals surface area contributed by atoms with Crippen LogP contribution in [0.1, 0.15) is 30.1 Å². The lowest BCUT2D eigenvalue weighted by Gasteiger charge is -2.22. The maximum Gasteiger partial charge on any atom is 0.226 e. The van der Waals surface area contributed by atoms with E-state index in [2.05, 4.69) is 15.0 Å². The molecular formula is C18H18F2N4O. The number of halogens is 2. The lowest BCUT2D eigenvalue weighted by atomic mass is 10.1. The van der Waals surface area contributed by atoms with E-state index < -0.39 is 11.6 Å². The number of benzene rings is 1. The molecule has 3 heterocycles. The Hall–Kier alpha value is -2.54. The third-order valence-electron chi connectivity index (χ3n) is 4.56. The standard InChI is InChI=1S/C18H18F2N4O/c1-23-9-13(8-21-23)17-3-2-6-24(17)10-14-11-25-18(22-14)12-4-5-15(19)16(20)7-12/h4-5,7-9,11,17H,2-3,6,10H2,1H3. The molecule has 7 heteroatoms. The predicted molar refractivity (Wildman–Crippen MR) is 87.4 cm³/mol. The van der Waals surface area contributed by atoms with Gasteiger partial charge in [0.2, 0.25) is 5.89 Å². The highest BCUT2D eigenvalue weighted by atomic mass is 19.2. The van der Waals surface area contributed by atoms with E-state index in [9.17, 15) is 8.78 Å². The van der Waals surface area contributed by atoms with Crippen molar-refractivity contribution < 1.29 is 13.2 Å². The Morgan fingerprint density at radius 2 is 2.16 bits per heavy atom. The van der Waals surface area contributed by atoms with Crippen LogP contribution < -0.4 is 0 Å². The number of aryl methyl sites for hydroxylation is 1. The molecule has 1 fully saturated rings. The van der Waals surface area contributed by atoms with Crippen LogP contribution in [0.15, 0.2) is 41.3 Å². The maximum absolute atomic E-state index is 13.4. The fourth-order valence-electron chi connectivity index (χ4n) is 3.35. The molecule has 1 unspecified atom stereocenters. The van der Waals surface area contributed by atoms with Crippen LogP contribution in [0.5, 0.6) is 0 Å². The molecule has 0 aliphatic carbocycles. The molecule has 1 aliphatic rings. The number of aromatic nitrogens is 3. The summed E-state index contributed by atoms with van der Waals surface area (Å²) in [4.78, 5) is 6.77. The summed E-state index contributed by atoms with van der Waals surface area (Å²) in [6.45, 7) is 1.62. The molecule has 0 N–H and O–H groups in total. The van der Waals surface area contributed by atoms with Gasteiger partial charge in [0.15, 0.2) is 11.6 Å². The van der Waals surface area contributed by atoms with Crippen LogP contribution in [0.25, 0.3) is 11.5 Å². The van der Waals surface area contributed by atoms with Crippen molar-refractivity contribution in [3.05, 3.63) is 59.7 Å². The Kier molecular flexibility index (Phi) is 4.09. The molecule has 25 heavy (non-hydrogen) atoms. The molecule has 0 amide bonds. The van der Waals surface area contributed by atoms with E-state index in [0.717, 1.165) is 37.2 Å². The third kappa shape index (κ3) is 3.19. The van der Waals surface area contributed by atoms with Gasteiger partial charge >= 0.3 is 0 Å². The Balaban J connectivity index is 1.51. The van der Waals surface area contributed by atoms with Crippen molar-refractivity contribution in [2.45, 2.75) is 25.4 Å². The van der Waals surface area contributed by atoms with Gasteiger partial charge < -0.3 is 4.42 Å². The summed E-state index contributed by atoms with van der Waals surface area (Å²) in [5.41, 5.74) is 2.40. The normalized spacial score (nSPS) is 18.1. The molecule has 1 aliphatic heterocycles. The SMILES string of the molecule is Cn1cc(C2CCCN2Cc2coc(-c3ccc(F)c(F)c3)n2)cn1. The summed E-state index contributed by atoms with van der Waals surface area (Å²) in [5.74, 6) is -1.49. The van der Waals surface area contributed by atoms with Gasteiger partial charge in [0, 0.05) is 37.0 Å². The lowest BCUT2D eigenvalue weighted by Crippen LogP contribution is -2.22. The zero-order valence-electron chi connectivity index (χ0n) is 13.8. The number of likely N-dealkylation sites (tertiary alicyclic amines) is 1. The summed E-state index contributed by atoms with van der Waals surface area (Å²) in [7, 11) is 1.91. The molecule has 3 aromatic rings. The van der Waals surface area contributed by atoms with Crippen LogP contribution in [0, 0.1) is 11.6 Å². The number of hydrogen-bond donors (Lipinski definition) is 0. The van der Waals surface area contributed by atoms with Gasteiger partial charge in [-0.3, -0.25) is 9.58 Å². The molecule has 1 atom stereocenters. The van der Waals surface area contributed by atoms with E-state index in [-0.39, 0.29) is 0 Å². The number of hydrogen-bond acceptors (Lipinski definition) is 4. The molecule has 0 spiro atoms. The van der Waals surface area contributed by atoms with Crippen LogP contribution in [0.3, 0.4) is 0 Å². The Bertz CT molecular complexity index is 889. The average molecular weight is 344 g/mol. The van der Waals surface area contributed by atoms with Crippen LogP contribution >= 0.6 is 0 Å². The van der Waals surface area contributed by atoms with Crippen molar-refractivity contribution in [1.82, 2.24) is 19.7 Å². The first-order valence-corrected chi connectivity index (χ1v) is 8.22. The molecular weight excluding hydrogens is 326 g/mol. The van der Waals surface area contributed by atoms with E-state index >= 15 is 0 Å². The molecule has 1 aromatic carbocycles. The van der Waals surface area contributed by atoms with Crippen molar-refractivity contribution in [2.24, 2.45) is 7.05 Å². The first-order chi connectivity index (χ1) is 12.1. The summed E-state index contributed by atoms with van der Waals surface area (Å²) < 4.78 is 33.7. The zero-order chi connectivity index (χ0) is 17.4. The monoisotopic (exact) mass is 344 g/mol. The molecule has 2 aromatic heterocycles. The molecule has 0 saturated carbocycles. The summed E-state index contributed by atoms with van der Waals surface area (Å²) in [6, 6.07) is 3.95. The lowest BCUT2D eigenvalue weighted by molar-refractivity contribution is 0.245. The van der Waals surface area contributed by atoms with Gasteiger partial charge in [0.1, 0.15) is 6.26 Å². The minimum absolute atomic E-state index is 0.297. The van der Waals surface area contributed by atoms with E-state index in [1.54, 1.807) is 6.26 Å².